The average molecular weight is 299 g/mol. The van der Waals surface area contributed by atoms with Crippen molar-refractivity contribution in [2.75, 3.05) is 12.4 Å². The molecule has 2 amide bonds. The van der Waals surface area contributed by atoms with Gasteiger partial charge in [0.15, 0.2) is 0 Å². The first-order chi connectivity index (χ1) is 7.97. The van der Waals surface area contributed by atoms with Crippen molar-refractivity contribution >= 4 is 33.4 Å². The first-order valence-corrected chi connectivity index (χ1v) is 6.15. The van der Waals surface area contributed by atoms with Crippen LogP contribution in [0.4, 0.5) is 5.69 Å². The van der Waals surface area contributed by atoms with Crippen LogP contribution in [0.1, 0.15) is 22.8 Å². The maximum atomic E-state index is 11.6. The van der Waals surface area contributed by atoms with E-state index in [4.69, 9.17) is 0 Å². The van der Waals surface area contributed by atoms with E-state index in [1.807, 2.05) is 0 Å². The minimum absolute atomic E-state index is 0.137. The topological polar surface area (TPSA) is 58.2 Å². The highest BCUT2D eigenvalue weighted by atomic mass is 79.9. The quantitative estimate of drug-likeness (QED) is 0.840. The van der Waals surface area contributed by atoms with Crippen LogP contribution >= 0.6 is 15.9 Å². The zero-order valence-corrected chi connectivity index (χ0v) is 11.6. The summed E-state index contributed by atoms with van der Waals surface area (Å²) in [5.41, 5.74) is 1.98. The lowest BCUT2D eigenvalue weighted by atomic mass is 10.1. The van der Waals surface area contributed by atoms with Crippen LogP contribution in [0.2, 0.25) is 0 Å². The molecule has 1 rings (SSSR count). The Hall–Kier alpha value is -1.36. The van der Waals surface area contributed by atoms with Crippen molar-refractivity contribution in [2.24, 2.45) is 0 Å². The number of carbonyl (C=O) groups is 2. The summed E-state index contributed by atoms with van der Waals surface area (Å²) in [4.78, 5) is 22.9. The molecule has 1 unspecified atom stereocenters. The summed E-state index contributed by atoms with van der Waals surface area (Å²) < 4.78 is 0. The fourth-order valence-electron chi connectivity index (χ4n) is 1.38. The molecule has 1 aromatic rings. The van der Waals surface area contributed by atoms with Crippen LogP contribution < -0.4 is 10.6 Å². The lowest BCUT2D eigenvalue weighted by Gasteiger charge is -2.12. The van der Waals surface area contributed by atoms with Gasteiger partial charge in [0.2, 0.25) is 5.91 Å². The van der Waals surface area contributed by atoms with Gasteiger partial charge in [0.25, 0.3) is 5.91 Å². The number of benzene rings is 1. The fourth-order valence-corrected chi connectivity index (χ4v) is 1.50. The summed E-state index contributed by atoms with van der Waals surface area (Å²) in [5, 5.41) is 5.33. The van der Waals surface area contributed by atoms with Crippen LogP contribution in [0.25, 0.3) is 0 Å². The van der Waals surface area contributed by atoms with Crippen LogP contribution in [-0.2, 0) is 4.79 Å². The number of anilines is 1. The Kier molecular flexibility index (Phi) is 4.69. The number of halogens is 1. The molecule has 4 nitrogen and oxygen atoms in total. The molecule has 0 heterocycles. The molecule has 0 aliphatic carbocycles. The molecule has 0 fully saturated rings. The molecular formula is C12H15BrN2O2. The molecule has 2 N–H and O–H groups in total. The van der Waals surface area contributed by atoms with Crippen molar-refractivity contribution in [2.45, 2.75) is 18.7 Å². The predicted molar refractivity (Wildman–Crippen MR) is 71.6 cm³/mol. The number of hydrogen-bond acceptors (Lipinski definition) is 2. The van der Waals surface area contributed by atoms with E-state index in [2.05, 4.69) is 26.6 Å². The van der Waals surface area contributed by atoms with E-state index in [1.54, 1.807) is 39.1 Å². The van der Waals surface area contributed by atoms with E-state index in [1.165, 1.54) is 0 Å². The van der Waals surface area contributed by atoms with Crippen molar-refractivity contribution < 1.29 is 9.59 Å². The average Bonchev–Trinajstić information content (AvgIpc) is 2.30. The summed E-state index contributed by atoms with van der Waals surface area (Å²) in [6, 6.07) is 5.24. The zero-order chi connectivity index (χ0) is 13.0. The molecule has 1 atom stereocenters. The molecule has 1 aromatic carbocycles. The Morgan fingerprint density at radius 3 is 2.53 bits per heavy atom. The Balaban J connectivity index is 3.02. The van der Waals surface area contributed by atoms with Crippen molar-refractivity contribution in [3.8, 4) is 0 Å². The molecule has 0 aliphatic rings. The zero-order valence-electron chi connectivity index (χ0n) is 10.0. The van der Waals surface area contributed by atoms with E-state index in [-0.39, 0.29) is 16.6 Å². The second-order valence-electron chi connectivity index (χ2n) is 3.66. The largest absolute Gasteiger partial charge is 0.355 e. The molecule has 0 bridgehead atoms. The predicted octanol–water partition coefficient (Wildman–Crippen LogP) is 2.08. The van der Waals surface area contributed by atoms with Crippen molar-refractivity contribution in [1.82, 2.24) is 5.32 Å². The summed E-state index contributed by atoms with van der Waals surface area (Å²) in [5.74, 6) is -0.298. The highest BCUT2D eigenvalue weighted by Crippen LogP contribution is 2.19. The molecule has 0 saturated carbocycles. The molecule has 0 spiro atoms. The van der Waals surface area contributed by atoms with Gasteiger partial charge >= 0.3 is 0 Å². The summed E-state index contributed by atoms with van der Waals surface area (Å²) >= 11 is 3.19. The number of hydrogen-bond donors (Lipinski definition) is 2. The van der Waals surface area contributed by atoms with Gasteiger partial charge in [-0.25, -0.2) is 0 Å². The van der Waals surface area contributed by atoms with Crippen molar-refractivity contribution in [3.63, 3.8) is 0 Å². The second kappa shape index (κ2) is 5.82. The third-order valence-electron chi connectivity index (χ3n) is 2.42. The van der Waals surface area contributed by atoms with Crippen LogP contribution in [0.5, 0.6) is 0 Å². The normalized spacial score (nSPS) is 11.8. The van der Waals surface area contributed by atoms with Crippen LogP contribution in [0.3, 0.4) is 0 Å². The Morgan fingerprint density at radius 2 is 2.00 bits per heavy atom. The number of alkyl halides is 1. The maximum Gasteiger partial charge on any atom is 0.251 e. The van der Waals surface area contributed by atoms with E-state index in [0.717, 1.165) is 5.56 Å². The standard InChI is InChI=1S/C12H15BrN2O2/c1-7-9(12(17)14-3)5-4-6-10(7)15-11(16)8(2)13/h4-6,8H,1-3H3,(H,14,17)(H,15,16). The third kappa shape index (κ3) is 3.30. The van der Waals surface area contributed by atoms with Crippen molar-refractivity contribution in [3.05, 3.63) is 29.3 Å². The summed E-state index contributed by atoms with van der Waals surface area (Å²) in [6.07, 6.45) is 0. The molecule has 92 valence electrons. The molecule has 0 aromatic heterocycles. The lowest BCUT2D eigenvalue weighted by molar-refractivity contribution is -0.115. The monoisotopic (exact) mass is 298 g/mol. The van der Waals surface area contributed by atoms with E-state index < -0.39 is 0 Å². The van der Waals surface area contributed by atoms with Gasteiger partial charge in [0.1, 0.15) is 0 Å². The number of rotatable bonds is 3. The summed E-state index contributed by atoms with van der Waals surface area (Å²) in [7, 11) is 1.58. The Bertz CT molecular complexity index is 444. The van der Waals surface area contributed by atoms with Gasteiger partial charge < -0.3 is 10.6 Å². The SMILES string of the molecule is CNC(=O)c1cccc(NC(=O)C(C)Br)c1C. The number of carbonyl (C=O) groups excluding carboxylic acids is 2. The van der Waals surface area contributed by atoms with Gasteiger partial charge in [-0.3, -0.25) is 9.59 Å². The molecule has 0 aliphatic heterocycles. The number of amides is 2. The Morgan fingerprint density at radius 1 is 1.35 bits per heavy atom. The second-order valence-corrected chi connectivity index (χ2v) is 5.04. The smallest absolute Gasteiger partial charge is 0.251 e. The lowest BCUT2D eigenvalue weighted by Crippen LogP contribution is -2.22. The van der Waals surface area contributed by atoms with Gasteiger partial charge in [-0.15, -0.1) is 0 Å². The van der Waals surface area contributed by atoms with Gasteiger partial charge in [-0.2, -0.15) is 0 Å². The first kappa shape index (κ1) is 13.7. The minimum atomic E-state index is -0.273. The molecule has 0 saturated heterocycles. The van der Waals surface area contributed by atoms with E-state index in [0.29, 0.717) is 11.3 Å². The molecular weight excluding hydrogens is 284 g/mol. The maximum absolute atomic E-state index is 11.6. The van der Waals surface area contributed by atoms with E-state index >= 15 is 0 Å². The Labute approximate surface area is 109 Å². The third-order valence-corrected chi connectivity index (χ3v) is 2.84. The van der Waals surface area contributed by atoms with Crippen LogP contribution in [0.15, 0.2) is 18.2 Å². The molecule has 5 heteroatoms. The van der Waals surface area contributed by atoms with Gasteiger partial charge in [0, 0.05) is 18.3 Å². The first-order valence-electron chi connectivity index (χ1n) is 5.24. The highest BCUT2D eigenvalue weighted by molar-refractivity contribution is 9.10. The highest BCUT2D eigenvalue weighted by Gasteiger charge is 2.13. The fraction of sp³-hybridized carbons (Fsp3) is 0.333. The molecule has 0 radical (unpaired) electrons. The summed E-state index contributed by atoms with van der Waals surface area (Å²) in [6.45, 7) is 3.55. The van der Waals surface area contributed by atoms with E-state index in [9.17, 15) is 9.59 Å². The van der Waals surface area contributed by atoms with Crippen LogP contribution in [-0.4, -0.2) is 23.7 Å². The van der Waals surface area contributed by atoms with Gasteiger partial charge in [-0.05, 0) is 31.5 Å². The number of nitrogens with one attached hydrogen (secondary N) is 2. The van der Waals surface area contributed by atoms with Gasteiger partial charge in [0.05, 0.1) is 4.83 Å². The van der Waals surface area contributed by atoms with Crippen LogP contribution in [0, 0.1) is 6.92 Å². The van der Waals surface area contributed by atoms with Gasteiger partial charge in [-0.1, -0.05) is 22.0 Å². The van der Waals surface area contributed by atoms with Crippen molar-refractivity contribution in [1.29, 1.82) is 0 Å². The molecule has 17 heavy (non-hydrogen) atoms. The minimum Gasteiger partial charge on any atom is -0.355 e.